The number of aromatic nitrogens is 1. The normalized spacial score (nSPS) is 26.7. The van der Waals surface area contributed by atoms with Crippen LogP contribution in [0.4, 0.5) is 0 Å². The molecule has 2 heteroatoms. The SMILES string of the molecule is CCC1CCCCC1N[C@@H](C)c1ccccn1. The largest absolute Gasteiger partial charge is 0.306 e. The fraction of sp³-hybridized carbons (Fsp3) is 0.667. The number of rotatable bonds is 4. The van der Waals surface area contributed by atoms with Crippen molar-refractivity contribution < 1.29 is 0 Å². The highest BCUT2D eigenvalue weighted by atomic mass is 15.0. The zero-order valence-corrected chi connectivity index (χ0v) is 11.0. The Bertz CT molecular complexity index is 323. The van der Waals surface area contributed by atoms with Crippen molar-refractivity contribution in [2.45, 2.75) is 58.0 Å². The molecule has 17 heavy (non-hydrogen) atoms. The lowest BCUT2D eigenvalue weighted by Crippen LogP contribution is -2.39. The molecule has 1 aliphatic rings. The predicted octanol–water partition coefficient (Wildman–Crippen LogP) is 3.70. The van der Waals surface area contributed by atoms with Crippen LogP contribution in [0.25, 0.3) is 0 Å². The van der Waals surface area contributed by atoms with Crippen molar-refractivity contribution in [3.63, 3.8) is 0 Å². The molecule has 1 saturated carbocycles. The van der Waals surface area contributed by atoms with Crippen LogP contribution in [-0.4, -0.2) is 11.0 Å². The van der Waals surface area contributed by atoms with Crippen LogP contribution in [-0.2, 0) is 0 Å². The van der Waals surface area contributed by atoms with Gasteiger partial charge in [0.25, 0.3) is 0 Å². The molecule has 2 rings (SSSR count). The molecule has 0 spiro atoms. The molecular formula is C15H24N2. The second-order valence-corrected chi connectivity index (χ2v) is 5.20. The van der Waals surface area contributed by atoms with E-state index in [2.05, 4.69) is 36.3 Å². The number of pyridine rings is 1. The van der Waals surface area contributed by atoms with Gasteiger partial charge in [0.1, 0.15) is 0 Å². The molecule has 0 amide bonds. The van der Waals surface area contributed by atoms with Gasteiger partial charge in [-0.2, -0.15) is 0 Å². The molecule has 1 aromatic heterocycles. The minimum atomic E-state index is 0.369. The summed E-state index contributed by atoms with van der Waals surface area (Å²) in [6.45, 7) is 4.54. The summed E-state index contributed by atoms with van der Waals surface area (Å²) < 4.78 is 0. The van der Waals surface area contributed by atoms with Gasteiger partial charge in [0.05, 0.1) is 5.69 Å². The molecule has 2 unspecified atom stereocenters. The summed E-state index contributed by atoms with van der Waals surface area (Å²) in [7, 11) is 0. The van der Waals surface area contributed by atoms with E-state index in [0.717, 1.165) is 11.6 Å². The molecule has 0 aliphatic heterocycles. The summed E-state index contributed by atoms with van der Waals surface area (Å²) >= 11 is 0. The quantitative estimate of drug-likeness (QED) is 0.856. The van der Waals surface area contributed by atoms with Crippen molar-refractivity contribution >= 4 is 0 Å². The van der Waals surface area contributed by atoms with E-state index in [9.17, 15) is 0 Å². The van der Waals surface area contributed by atoms with Gasteiger partial charge >= 0.3 is 0 Å². The van der Waals surface area contributed by atoms with Gasteiger partial charge in [-0.15, -0.1) is 0 Å². The van der Waals surface area contributed by atoms with Gasteiger partial charge in [-0.05, 0) is 37.8 Å². The highest BCUT2D eigenvalue weighted by Crippen LogP contribution is 2.28. The predicted molar refractivity (Wildman–Crippen MR) is 71.8 cm³/mol. The van der Waals surface area contributed by atoms with E-state index < -0.39 is 0 Å². The highest BCUT2D eigenvalue weighted by molar-refractivity contribution is 5.08. The average Bonchev–Trinajstić information content (AvgIpc) is 2.40. The van der Waals surface area contributed by atoms with Gasteiger partial charge in [-0.1, -0.05) is 32.3 Å². The molecule has 0 aromatic carbocycles. The lowest BCUT2D eigenvalue weighted by atomic mass is 9.82. The molecular weight excluding hydrogens is 208 g/mol. The van der Waals surface area contributed by atoms with E-state index in [1.165, 1.54) is 32.1 Å². The second kappa shape index (κ2) is 6.15. The Morgan fingerprint density at radius 3 is 2.88 bits per heavy atom. The minimum absolute atomic E-state index is 0.369. The Kier molecular flexibility index (Phi) is 4.55. The Morgan fingerprint density at radius 1 is 1.35 bits per heavy atom. The lowest BCUT2D eigenvalue weighted by molar-refractivity contribution is 0.239. The van der Waals surface area contributed by atoms with E-state index in [1.54, 1.807) is 0 Å². The van der Waals surface area contributed by atoms with Crippen molar-refractivity contribution in [1.82, 2.24) is 10.3 Å². The average molecular weight is 232 g/mol. The second-order valence-electron chi connectivity index (χ2n) is 5.20. The zero-order valence-electron chi connectivity index (χ0n) is 11.0. The summed E-state index contributed by atoms with van der Waals surface area (Å²) in [6, 6.07) is 7.21. The third-order valence-electron chi connectivity index (χ3n) is 4.03. The first-order valence-electron chi connectivity index (χ1n) is 6.98. The molecule has 94 valence electrons. The summed E-state index contributed by atoms with van der Waals surface area (Å²) in [4.78, 5) is 4.43. The summed E-state index contributed by atoms with van der Waals surface area (Å²) in [6.07, 6.45) is 8.69. The zero-order chi connectivity index (χ0) is 12.1. The number of nitrogens with one attached hydrogen (secondary N) is 1. The maximum absolute atomic E-state index is 4.43. The van der Waals surface area contributed by atoms with Gasteiger partial charge in [0.15, 0.2) is 0 Å². The smallest absolute Gasteiger partial charge is 0.0570 e. The summed E-state index contributed by atoms with van der Waals surface area (Å²) in [5.41, 5.74) is 1.16. The van der Waals surface area contributed by atoms with Crippen molar-refractivity contribution in [2.24, 2.45) is 5.92 Å². The monoisotopic (exact) mass is 232 g/mol. The molecule has 1 heterocycles. The van der Waals surface area contributed by atoms with Gasteiger partial charge < -0.3 is 5.32 Å². The molecule has 1 aromatic rings. The third-order valence-corrected chi connectivity index (χ3v) is 4.03. The van der Waals surface area contributed by atoms with Crippen molar-refractivity contribution in [2.75, 3.05) is 0 Å². The highest BCUT2D eigenvalue weighted by Gasteiger charge is 2.25. The molecule has 0 saturated heterocycles. The Morgan fingerprint density at radius 2 is 2.18 bits per heavy atom. The van der Waals surface area contributed by atoms with Gasteiger partial charge in [0, 0.05) is 18.3 Å². The van der Waals surface area contributed by atoms with Crippen molar-refractivity contribution in [1.29, 1.82) is 0 Å². The maximum atomic E-state index is 4.43. The van der Waals surface area contributed by atoms with Crippen LogP contribution in [0.3, 0.4) is 0 Å². The van der Waals surface area contributed by atoms with Crippen LogP contribution in [0, 0.1) is 5.92 Å². The van der Waals surface area contributed by atoms with Crippen molar-refractivity contribution in [3.05, 3.63) is 30.1 Å². The molecule has 1 fully saturated rings. The van der Waals surface area contributed by atoms with Gasteiger partial charge in [0.2, 0.25) is 0 Å². The first kappa shape index (κ1) is 12.6. The van der Waals surface area contributed by atoms with Crippen LogP contribution < -0.4 is 5.32 Å². The molecule has 0 radical (unpaired) electrons. The Hall–Kier alpha value is -0.890. The summed E-state index contributed by atoms with van der Waals surface area (Å²) in [5, 5.41) is 3.77. The van der Waals surface area contributed by atoms with Crippen LogP contribution >= 0.6 is 0 Å². The Labute approximate surface area is 105 Å². The third kappa shape index (κ3) is 3.29. The van der Waals surface area contributed by atoms with E-state index >= 15 is 0 Å². The molecule has 0 bridgehead atoms. The van der Waals surface area contributed by atoms with Crippen LogP contribution in [0.1, 0.15) is 57.7 Å². The molecule has 2 nitrogen and oxygen atoms in total. The molecule has 3 atom stereocenters. The first-order chi connectivity index (χ1) is 8.31. The number of hydrogen-bond acceptors (Lipinski definition) is 2. The van der Waals surface area contributed by atoms with E-state index in [-0.39, 0.29) is 0 Å². The molecule has 1 aliphatic carbocycles. The van der Waals surface area contributed by atoms with Crippen LogP contribution in [0.15, 0.2) is 24.4 Å². The van der Waals surface area contributed by atoms with Crippen molar-refractivity contribution in [3.8, 4) is 0 Å². The first-order valence-corrected chi connectivity index (χ1v) is 6.98. The lowest BCUT2D eigenvalue weighted by Gasteiger charge is -2.33. The number of hydrogen-bond donors (Lipinski definition) is 1. The maximum Gasteiger partial charge on any atom is 0.0570 e. The van der Waals surface area contributed by atoms with E-state index in [1.807, 2.05) is 12.3 Å². The fourth-order valence-electron chi connectivity index (χ4n) is 2.95. The van der Waals surface area contributed by atoms with E-state index in [4.69, 9.17) is 0 Å². The van der Waals surface area contributed by atoms with Crippen LogP contribution in [0.5, 0.6) is 0 Å². The molecule has 1 N–H and O–H groups in total. The standard InChI is InChI=1S/C15H24N2/c1-3-13-8-4-5-10-15(13)17-12(2)14-9-6-7-11-16-14/h6-7,9,11-13,15,17H,3-5,8,10H2,1-2H3/t12-,13?,15?/m0/s1. The minimum Gasteiger partial charge on any atom is -0.306 e. The van der Waals surface area contributed by atoms with Crippen LogP contribution in [0.2, 0.25) is 0 Å². The van der Waals surface area contributed by atoms with Gasteiger partial charge in [-0.25, -0.2) is 0 Å². The number of nitrogens with zero attached hydrogens (tertiary/aromatic N) is 1. The topological polar surface area (TPSA) is 24.9 Å². The van der Waals surface area contributed by atoms with Gasteiger partial charge in [-0.3, -0.25) is 4.98 Å². The Balaban J connectivity index is 1.95. The fourth-order valence-corrected chi connectivity index (χ4v) is 2.95. The summed E-state index contributed by atoms with van der Waals surface area (Å²) in [5.74, 6) is 0.856. The van der Waals surface area contributed by atoms with E-state index in [0.29, 0.717) is 12.1 Å².